The molecule has 2 N–H and O–H groups in total. The van der Waals surface area contributed by atoms with Crippen LogP contribution in [0.4, 0.5) is 19.1 Å². The molecular weight excluding hydrogens is 319 g/mol. The smallest absolute Gasteiger partial charge is 0.344 e. The molecule has 0 saturated carbocycles. The van der Waals surface area contributed by atoms with E-state index in [1.807, 2.05) is 38.1 Å². The summed E-state index contributed by atoms with van der Waals surface area (Å²) >= 11 is 0. The van der Waals surface area contributed by atoms with Gasteiger partial charge >= 0.3 is 6.18 Å². The maximum Gasteiger partial charge on any atom is 0.433 e. The van der Waals surface area contributed by atoms with Crippen LogP contribution >= 0.6 is 0 Å². The normalized spacial score (nSPS) is 13.4. The molecule has 1 atom stereocenters. The fourth-order valence-corrected chi connectivity index (χ4v) is 2.40. The first kappa shape index (κ1) is 16.2. The van der Waals surface area contributed by atoms with Gasteiger partial charge in [0.25, 0.3) is 0 Å². The van der Waals surface area contributed by atoms with Crippen molar-refractivity contribution in [3.05, 3.63) is 48.0 Å². The first-order chi connectivity index (χ1) is 11.3. The Balaban J connectivity index is 1.92. The lowest BCUT2D eigenvalue weighted by Crippen LogP contribution is -2.20. The second kappa shape index (κ2) is 6.10. The van der Waals surface area contributed by atoms with E-state index in [0.717, 1.165) is 23.3 Å². The van der Waals surface area contributed by atoms with Crippen LogP contribution in [0.15, 0.2) is 36.5 Å². The SMILES string of the molecule is CC(C)[C@@H](Nc1nccc(C(F)(F)F)n1)c1nc2ccccc2[nH]1. The third kappa shape index (κ3) is 3.32. The van der Waals surface area contributed by atoms with Gasteiger partial charge in [0.15, 0.2) is 0 Å². The number of nitrogens with zero attached hydrogens (tertiary/aromatic N) is 3. The fraction of sp³-hybridized carbons (Fsp3) is 0.312. The number of aromatic amines is 1. The monoisotopic (exact) mass is 335 g/mol. The lowest BCUT2D eigenvalue weighted by molar-refractivity contribution is -0.141. The van der Waals surface area contributed by atoms with E-state index in [1.54, 1.807) is 0 Å². The molecule has 0 bridgehead atoms. The van der Waals surface area contributed by atoms with E-state index in [2.05, 4.69) is 25.3 Å². The lowest BCUT2D eigenvalue weighted by Gasteiger charge is -2.20. The van der Waals surface area contributed by atoms with Crippen molar-refractivity contribution in [2.45, 2.75) is 26.1 Å². The van der Waals surface area contributed by atoms with Crippen LogP contribution in [0.3, 0.4) is 0 Å². The van der Waals surface area contributed by atoms with Crippen LogP contribution in [0.25, 0.3) is 11.0 Å². The summed E-state index contributed by atoms with van der Waals surface area (Å²) in [4.78, 5) is 15.1. The summed E-state index contributed by atoms with van der Waals surface area (Å²) in [6.07, 6.45) is -3.42. The number of aromatic nitrogens is 4. The second-order valence-electron chi connectivity index (χ2n) is 5.77. The van der Waals surface area contributed by atoms with Gasteiger partial charge in [-0.05, 0) is 24.1 Å². The molecule has 0 amide bonds. The first-order valence-corrected chi connectivity index (χ1v) is 7.46. The number of fused-ring (bicyclic) bond motifs is 1. The zero-order valence-electron chi connectivity index (χ0n) is 13.1. The summed E-state index contributed by atoms with van der Waals surface area (Å²) in [7, 11) is 0. The molecule has 0 radical (unpaired) electrons. The molecule has 0 spiro atoms. The summed E-state index contributed by atoms with van der Waals surface area (Å²) in [5.41, 5.74) is 0.682. The molecule has 0 fully saturated rings. The predicted molar refractivity (Wildman–Crippen MR) is 84.3 cm³/mol. The minimum atomic E-state index is -4.51. The van der Waals surface area contributed by atoms with E-state index in [0.29, 0.717) is 5.82 Å². The Morgan fingerprint density at radius 1 is 1.08 bits per heavy atom. The molecule has 0 saturated heterocycles. The Morgan fingerprint density at radius 3 is 2.50 bits per heavy atom. The Bertz CT molecular complexity index is 808. The van der Waals surface area contributed by atoms with Gasteiger partial charge in [-0.25, -0.2) is 15.0 Å². The van der Waals surface area contributed by atoms with E-state index in [-0.39, 0.29) is 17.9 Å². The average molecular weight is 335 g/mol. The van der Waals surface area contributed by atoms with Crippen LogP contribution in [-0.2, 0) is 6.18 Å². The second-order valence-corrected chi connectivity index (χ2v) is 5.77. The molecule has 126 valence electrons. The van der Waals surface area contributed by atoms with Gasteiger partial charge in [-0.15, -0.1) is 0 Å². The van der Waals surface area contributed by atoms with Crippen LogP contribution in [-0.4, -0.2) is 19.9 Å². The van der Waals surface area contributed by atoms with Crippen molar-refractivity contribution in [2.75, 3.05) is 5.32 Å². The van der Waals surface area contributed by atoms with Crippen molar-refractivity contribution < 1.29 is 13.2 Å². The number of para-hydroxylation sites is 2. The maximum absolute atomic E-state index is 12.8. The molecule has 0 aliphatic heterocycles. The number of nitrogens with one attached hydrogen (secondary N) is 2. The lowest BCUT2D eigenvalue weighted by atomic mass is 10.0. The van der Waals surface area contributed by atoms with E-state index < -0.39 is 11.9 Å². The summed E-state index contributed by atoms with van der Waals surface area (Å²) < 4.78 is 38.4. The van der Waals surface area contributed by atoms with Gasteiger partial charge in [0.1, 0.15) is 11.5 Å². The summed E-state index contributed by atoms with van der Waals surface area (Å²) in [6.45, 7) is 3.89. The standard InChI is InChI=1S/C16H16F3N5/c1-9(2)13(14-21-10-5-3-4-6-11(10)22-14)24-15-20-8-7-12(23-15)16(17,18)19/h3-9,13H,1-2H3,(H,21,22)(H,20,23,24)/t13-/m1/s1. The van der Waals surface area contributed by atoms with E-state index in [9.17, 15) is 13.2 Å². The number of halogens is 3. The molecule has 3 aromatic rings. The van der Waals surface area contributed by atoms with Crippen molar-refractivity contribution in [2.24, 2.45) is 5.92 Å². The van der Waals surface area contributed by atoms with Crippen LogP contribution in [0.1, 0.15) is 31.4 Å². The number of imidazole rings is 1. The largest absolute Gasteiger partial charge is 0.433 e. The van der Waals surface area contributed by atoms with Gasteiger partial charge < -0.3 is 10.3 Å². The van der Waals surface area contributed by atoms with Crippen molar-refractivity contribution in [3.63, 3.8) is 0 Å². The van der Waals surface area contributed by atoms with Crippen molar-refractivity contribution in [1.29, 1.82) is 0 Å². The average Bonchev–Trinajstić information content (AvgIpc) is 2.95. The van der Waals surface area contributed by atoms with Crippen LogP contribution in [0.5, 0.6) is 0 Å². The van der Waals surface area contributed by atoms with Gasteiger partial charge in [-0.3, -0.25) is 0 Å². The molecule has 0 unspecified atom stereocenters. The highest BCUT2D eigenvalue weighted by atomic mass is 19.4. The van der Waals surface area contributed by atoms with E-state index >= 15 is 0 Å². The summed E-state index contributed by atoms with van der Waals surface area (Å²) in [5.74, 6) is 0.611. The highest BCUT2D eigenvalue weighted by molar-refractivity contribution is 5.74. The molecule has 2 aromatic heterocycles. The van der Waals surface area contributed by atoms with Crippen molar-refractivity contribution in [3.8, 4) is 0 Å². The molecule has 5 nitrogen and oxygen atoms in total. The zero-order valence-corrected chi connectivity index (χ0v) is 13.1. The highest BCUT2D eigenvalue weighted by Gasteiger charge is 2.33. The molecule has 3 rings (SSSR count). The van der Waals surface area contributed by atoms with Gasteiger partial charge in [-0.1, -0.05) is 26.0 Å². The molecule has 0 aliphatic rings. The van der Waals surface area contributed by atoms with E-state index in [4.69, 9.17) is 0 Å². The number of hydrogen-bond acceptors (Lipinski definition) is 4. The van der Waals surface area contributed by atoms with E-state index in [1.165, 1.54) is 0 Å². The summed E-state index contributed by atoms with van der Waals surface area (Å²) in [5, 5.41) is 2.95. The molecule has 0 aliphatic carbocycles. The van der Waals surface area contributed by atoms with Gasteiger partial charge in [0, 0.05) is 6.20 Å². The van der Waals surface area contributed by atoms with Crippen molar-refractivity contribution >= 4 is 17.0 Å². The molecule has 24 heavy (non-hydrogen) atoms. The topological polar surface area (TPSA) is 66.5 Å². The van der Waals surface area contributed by atoms with Gasteiger partial charge in [0.05, 0.1) is 17.1 Å². The number of H-pyrrole nitrogens is 1. The van der Waals surface area contributed by atoms with Gasteiger partial charge in [-0.2, -0.15) is 13.2 Å². The fourth-order valence-electron chi connectivity index (χ4n) is 2.40. The molecular formula is C16H16F3N5. The predicted octanol–water partition coefficient (Wildman–Crippen LogP) is 4.18. The third-order valence-electron chi connectivity index (χ3n) is 3.60. The number of rotatable bonds is 4. The van der Waals surface area contributed by atoms with Crippen molar-refractivity contribution in [1.82, 2.24) is 19.9 Å². The van der Waals surface area contributed by atoms with Crippen LogP contribution < -0.4 is 5.32 Å². The number of hydrogen-bond donors (Lipinski definition) is 2. The number of alkyl halides is 3. The van der Waals surface area contributed by atoms with Crippen LogP contribution in [0, 0.1) is 5.92 Å². The minimum Gasteiger partial charge on any atom is -0.344 e. The third-order valence-corrected chi connectivity index (χ3v) is 3.60. The highest BCUT2D eigenvalue weighted by Crippen LogP contribution is 2.29. The Morgan fingerprint density at radius 2 is 1.83 bits per heavy atom. The molecule has 8 heteroatoms. The maximum atomic E-state index is 12.8. The quantitative estimate of drug-likeness (QED) is 0.750. The summed E-state index contributed by atoms with van der Waals surface area (Å²) in [6, 6.07) is 8.02. The molecule has 2 heterocycles. The number of anilines is 1. The molecule has 1 aromatic carbocycles. The Labute approximate surface area is 136 Å². The van der Waals surface area contributed by atoms with Crippen LogP contribution in [0.2, 0.25) is 0 Å². The Hall–Kier alpha value is -2.64. The first-order valence-electron chi connectivity index (χ1n) is 7.46. The Kier molecular flexibility index (Phi) is 4.13. The number of benzene rings is 1. The van der Waals surface area contributed by atoms with Gasteiger partial charge in [0.2, 0.25) is 5.95 Å². The zero-order chi connectivity index (χ0) is 17.3. The minimum absolute atomic E-state index is 0.0590.